The van der Waals surface area contributed by atoms with Gasteiger partial charge in [-0.15, -0.1) is 24.5 Å². The minimum Gasteiger partial charge on any atom is -0.410 e. The molecule has 0 saturated heterocycles. The van der Waals surface area contributed by atoms with Gasteiger partial charge in [0.2, 0.25) is 5.90 Å². The fourth-order valence-electron chi connectivity index (χ4n) is 3.06. The second-order valence-corrected chi connectivity index (χ2v) is 9.62. The van der Waals surface area contributed by atoms with Crippen molar-refractivity contribution in [3.8, 4) is 16.5 Å². The first-order valence-electron chi connectivity index (χ1n) is 10.4. The normalized spacial score (nSPS) is 16.4. The fourth-order valence-corrected chi connectivity index (χ4v) is 4.30. The largest absolute Gasteiger partial charge is 0.525 e. The summed E-state index contributed by atoms with van der Waals surface area (Å²) in [5.41, 5.74) is -3.30. The molecular weight excluding hydrogens is 611 g/mol. The molecule has 1 amide bonds. The van der Waals surface area contributed by atoms with Gasteiger partial charge in [0.25, 0.3) is 5.91 Å². The number of nitriles is 1. The van der Waals surface area contributed by atoms with Crippen LogP contribution in [0.4, 0.5) is 39.5 Å². The van der Waals surface area contributed by atoms with E-state index < -0.39 is 53.7 Å². The molecule has 3 rings (SSSR count). The van der Waals surface area contributed by atoms with Gasteiger partial charge in [-0.2, -0.15) is 32.3 Å². The minimum absolute atomic E-state index is 0.0337. The zero-order valence-electron chi connectivity index (χ0n) is 19.5. The van der Waals surface area contributed by atoms with Crippen LogP contribution >= 0.6 is 22.9 Å². The van der Waals surface area contributed by atoms with Crippen molar-refractivity contribution in [2.75, 3.05) is 7.05 Å². The third kappa shape index (κ3) is 6.98. The highest BCUT2D eigenvalue weighted by Gasteiger charge is 2.53. The first-order chi connectivity index (χ1) is 18.3. The van der Waals surface area contributed by atoms with Gasteiger partial charge in [-0.05, 0) is 18.9 Å². The molecule has 2 aromatic heterocycles. The summed E-state index contributed by atoms with van der Waals surface area (Å²) in [6.07, 6.45) is -19.1. The van der Waals surface area contributed by atoms with E-state index in [1.807, 2.05) is 11.4 Å². The smallest absolute Gasteiger partial charge is 0.410 e. The number of rotatable bonds is 9. The van der Waals surface area contributed by atoms with Gasteiger partial charge >= 0.3 is 25.0 Å². The molecule has 1 atom stereocenters. The number of ether oxygens (including phenoxy) is 2. The predicted octanol–water partition coefficient (Wildman–Crippen LogP) is 5.42. The van der Waals surface area contributed by atoms with Gasteiger partial charge < -0.3 is 15.4 Å². The van der Waals surface area contributed by atoms with Crippen molar-refractivity contribution in [2.24, 2.45) is 0 Å². The predicted molar refractivity (Wildman–Crippen MR) is 120 cm³/mol. The van der Waals surface area contributed by atoms with E-state index in [0.29, 0.717) is 17.5 Å². The Balaban J connectivity index is 1.93. The van der Waals surface area contributed by atoms with E-state index >= 15 is 0 Å². The molecule has 1 unspecified atom stereocenters. The van der Waals surface area contributed by atoms with E-state index in [1.165, 1.54) is 6.07 Å². The number of carbonyl (C=O) groups is 1. The number of hydrogen-bond acceptors (Lipinski definition) is 8. The summed E-state index contributed by atoms with van der Waals surface area (Å²) in [5, 5.41) is 24.6. The van der Waals surface area contributed by atoms with Gasteiger partial charge in [0.1, 0.15) is 15.7 Å². The third-order valence-electron chi connectivity index (χ3n) is 5.07. The number of nitrogens with one attached hydrogen (secondary N) is 3. The molecule has 1 aliphatic rings. The number of aromatic nitrogens is 2. The van der Waals surface area contributed by atoms with Crippen LogP contribution in [0.3, 0.4) is 0 Å². The summed E-state index contributed by atoms with van der Waals surface area (Å²) in [6, 6.07) is 3.22. The summed E-state index contributed by atoms with van der Waals surface area (Å²) >= 11 is 6.92. The maximum Gasteiger partial charge on any atom is 0.525 e. The van der Waals surface area contributed by atoms with Crippen molar-refractivity contribution in [1.29, 1.82) is 10.7 Å². The number of carbonyl (C=O) groups excluding carboxylic acids is 1. The van der Waals surface area contributed by atoms with E-state index in [0.717, 1.165) is 30.8 Å². The second-order valence-electron chi connectivity index (χ2n) is 7.96. The molecule has 0 aromatic carbocycles. The molecule has 0 radical (unpaired) electrons. The molecule has 2 heterocycles. The highest BCUT2D eigenvalue weighted by Crippen LogP contribution is 2.39. The lowest BCUT2D eigenvalue weighted by molar-refractivity contribution is -0.413. The Morgan fingerprint density at radius 1 is 1.27 bits per heavy atom. The zero-order valence-corrected chi connectivity index (χ0v) is 21.1. The molecule has 2 aromatic rings. The van der Waals surface area contributed by atoms with Crippen molar-refractivity contribution in [3.05, 3.63) is 33.9 Å². The van der Waals surface area contributed by atoms with Gasteiger partial charge in [-0.25, -0.2) is 13.8 Å². The average Bonchev–Trinajstić information content (AvgIpc) is 3.21. The summed E-state index contributed by atoms with van der Waals surface area (Å²) in [7, 11) is 0.867. The lowest BCUT2D eigenvalue weighted by atomic mass is 10.2. The monoisotopic (exact) mass is 624 g/mol. The summed E-state index contributed by atoms with van der Waals surface area (Å²) < 4.78 is 124. The van der Waals surface area contributed by atoms with E-state index in [2.05, 4.69) is 19.9 Å². The van der Waals surface area contributed by atoms with Crippen LogP contribution in [0.25, 0.3) is 16.3 Å². The van der Waals surface area contributed by atoms with E-state index in [1.54, 1.807) is 0 Å². The number of amides is 1. The maximum atomic E-state index is 13.8. The lowest BCUT2D eigenvalue weighted by Crippen LogP contribution is -2.42. The molecule has 40 heavy (non-hydrogen) atoms. The van der Waals surface area contributed by atoms with Crippen molar-refractivity contribution in [3.63, 3.8) is 0 Å². The van der Waals surface area contributed by atoms with Gasteiger partial charge in [0, 0.05) is 23.7 Å². The number of hydrogen-bond donors (Lipinski definition) is 3. The van der Waals surface area contributed by atoms with E-state index in [9.17, 15) is 44.3 Å². The first-order valence-corrected chi connectivity index (χ1v) is 11.6. The van der Waals surface area contributed by atoms with Gasteiger partial charge in [0.15, 0.2) is 5.57 Å². The van der Waals surface area contributed by atoms with Crippen molar-refractivity contribution in [2.45, 2.75) is 43.4 Å². The Kier molecular flexibility index (Phi) is 8.39. The highest BCUT2D eigenvalue weighted by atomic mass is 35.5. The molecule has 1 fully saturated rings. The Labute approximate surface area is 226 Å². The summed E-state index contributed by atoms with van der Waals surface area (Å²) in [5.74, 6) is -4.35. The Morgan fingerprint density at radius 2 is 1.90 bits per heavy atom. The standard InChI is InChI=1S/C20H14ClF9N6O3S/c1-33-14(11(18(23,24)25)13(32)38-19(26,27)16(22)39-20(28,29)30)36-6-8(5-34-36)10-4-9(12(21)40-10)15(37)35-17(7-31)2-3-17/h4-6,16,32-33H,2-3H2,1H3,(H,35,37)/b14-11-,32-13?. The van der Waals surface area contributed by atoms with Crippen LogP contribution in [0.2, 0.25) is 4.34 Å². The molecule has 3 N–H and O–H groups in total. The quantitative estimate of drug-likeness (QED) is 0.194. The molecule has 1 aliphatic carbocycles. The third-order valence-corrected chi connectivity index (χ3v) is 6.48. The molecule has 0 bridgehead atoms. The van der Waals surface area contributed by atoms with E-state index in [-0.39, 0.29) is 20.3 Å². The van der Waals surface area contributed by atoms with Gasteiger partial charge in [0.05, 0.1) is 17.8 Å². The molecule has 0 spiro atoms. The SMILES string of the molecule is CN/C(=C(\C(=N)OC(F)(F)C(F)OC(F)(F)F)C(F)(F)F)n1cc(-c2cc(C(=O)NC3(C#N)CC3)c(Cl)s2)cn1. The number of alkyl halides is 9. The highest BCUT2D eigenvalue weighted by molar-refractivity contribution is 7.19. The molecular formula is C20H14ClF9N6O3S. The molecule has 1 saturated carbocycles. The molecule has 218 valence electrons. The van der Waals surface area contributed by atoms with Crippen LogP contribution in [0.1, 0.15) is 23.2 Å². The van der Waals surface area contributed by atoms with Crippen LogP contribution in [0, 0.1) is 16.7 Å². The van der Waals surface area contributed by atoms with Crippen molar-refractivity contribution >= 4 is 40.6 Å². The van der Waals surface area contributed by atoms with Gasteiger partial charge in [-0.3, -0.25) is 10.2 Å². The summed E-state index contributed by atoms with van der Waals surface area (Å²) in [4.78, 5) is 12.7. The van der Waals surface area contributed by atoms with Crippen LogP contribution in [-0.2, 0) is 9.47 Å². The van der Waals surface area contributed by atoms with Crippen LogP contribution in [0.5, 0.6) is 0 Å². The lowest BCUT2D eigenvalue weighted by Gasteiger charge is -2.24. The Hall–Kier alpha value is -3.50. The number of halogens is 10. The topological polar surface area (TPSA) is 125 Å². The minimum atomic E-state index is -5.93. The first kappa shape index (κ1) is 31.0. The maximum absolute atomic E-state index is 13.8. The van der Waals surface area contributed by atoms with Crippen LogP contribution in [0.15, 0.2) is 24.0 Å². The van der Waals surface area contributed by atoms with Crippen LogP contribution < -0.4 is 10.6 Å². The number of thiophene rings is 1. The molecule has 0 aliphatic heterocycles. The van der Waals surface area contributed by atoms with Gasteiger partial charge in [-0.1, -0.05) is 11.6 Å². The fraction of sp³-hybridized carbons (Fsp3) is 0.400. The van der Waals surface area contributed by atoms with Crippen LogP contribution in [-0.4, -0.2) is 59.2 Å². The Morgan fingerprint density at radius 3 is 2.40 bits per heavy atom. The molecule has 20 heteroatoms. The number of nitrogens with zero attached hydrogens (tertiary/aromatic N) is 3. The Bertz CT molecular complexity index is 1370. The zero-order chi connectivity index (χ0) is 30.3. The summed E-state index contributed by atoms with van der Waals surface area (Å²) in [6.45, 7) is 0. The van der Waals surface area contributed by atoms with E-state index in [4.69, 9.17) is 22.3 Å². The van der Waals surface area contributed by atoms with Crippen molar-refractivity contribution < 1.29 is 53.8 Å². The molecule has 9 nitrogen and oxygen atoms in total. The van der Waals surface area contributed by atoms with Crippen molar-refractivity contribution in [1.82, 2.24) is 20.4 Å². The second kappa shape index (κ2) is 10.8. The average molecular weight is 625 g/mol.